The number of hydrogen-bond acceptors (Lipinski definition) is 3. The monoisotopic (exact) mass is 333 g/mol. The maximum absolute atomic E-state index is 12.5. The molecule has 126 valence electrons. The lowest BCUT2D eigenvalue weighted by Gasteiger charge is -2.17. The van der Waals surface area contributed by atoms with Gasteiger partial charge in [0.25, 0.3) is 5.91 Å². The molecule has 0 spiro atoms. The second-order valence-electron chi connectivity index (χ2n) is 6.26. The largest absolute Gasteiger partial charge is 0.340 e. The molecule has 1 saturated heterocycles. The van der Waals surface area contributed by atoms with Crippen molar-refractivity contribution in [2.45, 2.75) is 25.9 Å². The average Bonchev–Trinajstić information content (AvgIpc) is 2.95. The zero-order valence-electron chi connectivity index (χ0n) is 14.0. The van der Waals surface area contributed by atoms with Crippen molar-refractivity contribution in [3.05, 3.63) is 70.8 Å². The minimum Gasteiger partial charge on any atom is -0.340 e. The molecule has 1 atom stereocenters. The molecule has 3 rings (SSSR count). The van der Waals surface area contributed by atoms with Gasteiger partial charge in [-0.1, -0.05) is 29.8 Å². The van der Waals surface area contributed by atoms with Gasteiger partial charge in [-0.25, -0.2) is 0 Å². The Bertz CT molecular complexity index is 854. The highest BCUT2D eigenvalue weighted by atomic mass is 16.2. The maximum atomic E-state index is 12.5. The van der Waals surface area contributed by atoms with Crippen molar-refractivity contribution in [3.8, 4) is 6.07 Å². The van der Waals surface area contributed by atoms with Gasteiger partial charge in [-0.3, -0.25) is 9.59 Å². The molecule has 0 aliphatic carbocycles. The number of rotatable bonds is 4. The molecule has 1 aliphatic rings. The van der Waals surface area contributed by atoms with Crippen molar-refractivity contribution in [2.75, 3.05) is 6.54 Å². The van der Waals surface area contributed by atoms with Crippen LogP contribution >= 0.6 is 0 Å². The molecule has 1 fully saturated rings. The SMILES string of the molecule is Cc1cccc(C(=O)N[C@H]2CCN(Cc3cccc(C#N)c3)C2=O)c1. The van der Waals surface area contributed by atoms with Crippen LogP contribution in [0.1, 0.15) is 33.5 Å². The van der Waals surface area contributed by atoms with Gasteiger partial charge >= 0.3 is 0 Å². The molecule has 0 aromatic heterocycles. The van der Waals surface area contributed by atoms with Crippen LogP contribution in [0.3, 0.4) is 0 Å². The second kappa shape index (κ2) is 7.18. The molecule has 2 amide bonds. The summed E-state index contributed by atoms with van der Waals surface area (Å²) in [7, 11) is 0. The summed E-state index contributed by atoms with van der Waals surface area (Å²) in [6, 6.07) is 16.1. The Labute approximate surface area is 146 Å². The minimum absolute atomic E-state index is 0.0802. The predicted molar refractivity (Wildman–Crippen MR) is 93.6 cm³/mol. The number of benzene rings is 2. The fraction of sp³-hybridized carbons (Fsp3) is 0.250. The fourth-order valence-corrected chi connectivity index (χ4v) is 3.02. The first-order valence-corrected chi connectivity index (χ1v) is 8.22. The standard InChI is InChI=1S/C20H19N3O2/c1-14-4-2-7-17(10-14)19(24)22-18-8-9-23(20(18)25)13-16-6-3-5-15(11-16)12-21/h2-7,10-11,18H,8-9,13H2,1H3,(H,22,24)/t18-/m0/s1. The van der Waals surface area contributed by atoms with Gasteiger partial charge in [0.15, 0.2) is 0 Å². The van der Waals surface area contributed by atoms with E-state index in [-0.39, 0.29) is 11.8 Å². The van der Waals surface area contributed by atoms with E-state index in [1.807, 2.05) is 31.2 Å². The number of likely N-dealkylation sites (tertiary alicyclic amines) is 1. The summed E-state index contributed by atoms with van der Waals surface area (Å²) in [6.45, 7) is 2.97. The van der Waals surface area contributed by atoms with Crippen LogP contribution in [0.4, 0.5) is 0 Å². The van der Waals surface area contributed by atoms with Crippen molar-refractivity contribution in [1.29, 1.82) is 5.26 Å². The molecule has 0 saturated carbocycles. The topological polar surface area (TPSA) is 73.2 Å². The average molecular weight is 333 g/mol. The summed E-state index contributed by atoms with van der Waals surface area (Å²) >= 11 is 0. The van der Waals surface area contributed by atoms with Gasteiger partial charge in [-0.2, -0.15) is 5.26 Å². The Kier molecular flexibility index (Phi) is 4.80. The number of amides is 2. The van der Waals surface area contributed by atoms with Crippen LogP contribution in [0.15, 0.2) is 48.5 Å². The van der Waals surface area contributed by atoms with Gasteiger partial charge in [0.05, 0.1) is 11.6 Å². The summed E-state index contributed by atoms with van der Waals surface area (Å²) in [6.07, 6.45) is 0.592. The minimum atomic E-state index is -0.493. The number of carbonyl (C=O) groups excluding carboxylic acids is 2. The zero-order valence-corrected chi connectivity index (χ0v) is 14.0. The van der Waals surface area contributed by atoms with Crippen LogP contribution in [-0.4, -0.2) is 29.3 Å². The van der Waals surface area contributed by atoms with E-state index in [2.05, 4.69) is 11.4 Å². The molecular weight excluding hydrogens is 314 g/mol. The van der Waals surface area contributed by atoms with Gasteiger partial charge < -0.3 is 10.2 Å². The molecule has 1 heterocycles. The van der Waals surface area contributed by atoms with Crippen molar-refractivity contribution in [2.24, 2.45) is 0 Å². The predicted octanol–water partition coefficient (Wildman–Crippen LogP) is 2.40. The Morgan fingerprint density at radius 2 is 2.08 bits per heavy atom. The van der Waals surface area contributed by atoms with Crippen LogP contribution in [0.2, 0.25) is 0 Å². The summed E-state index contributed by atoms with van der Waals surface area (Å²) in [5.74, 6) is -0.307. The van der Waals surface area contributed by atoms with Gasteiger partial charge in [0, 0.05) is 18.7 Å². The van der Waals surface area contributed by atoms with E-state index in [4.69, 9.17) is 5.26 Å². The summed E-state index contributed by atoms with van der Waals surface area (Å²) in [5, 5.41) is 11.8. The van der Waals surface area contributed by atoms with E-state index >= 15 is 0 Å². The van der Waals surface area contributed by atoms with Crippen molar-refractivity contribution >= 4 is 11.8 Å². The lowest BCUT2D eigenvalue weighted by Crippen LogP contribution is -2.41. The van der Waals surface area contributed by atoms with E-state index < -0.39 is 6.04 Å². The fourth-order valence-electron chi connectivity index (χ4n) is 3.02. The van der Waals surface area contributed by atoms with E-state index in [1.54, 1.807) is 29.2 Å². The lowest BCUT2D eigenvalue weighted by atomic mass is 10.1. The third-order valence-corrected chi connectivity index (χ3v) is 4.31. The first kappa shape index (κ1) is 16.7. The first-order valence-electron chi connectivity index (χ1n) is 8.22. The van der Waals surface area contributed by atoms with E-state index in [0.29, 0.717) is 30.6 Å². The lowest BCUT2D eigenvalue weighted by molar-refractivity contribution is -0.129. The normalized spacial score (nSPS) is 16.6. The molecule has 5 nitrogen and oxygen atoms in total. The number of nitrogens with zero attached hydrogens (tertiary/aromatic N) is 2. The van der Waals surface area contributed by atoms with Crippen molar-refractivity contribution in [1.82, 2.24) is 10.2 Å². The molecule has 2 aromatic carbocycles. The van der Waals surface area contributed by atoms with E-state index in [9.17, 15) is 9.59 Å². The van der Waals surface area contributed by atoms with Crippen LogP contribution < -0.4 is 5.32 Å². The van der Waals surface area contributed by atoms with Crippen LogP contribution in [-0.2, 0) is 11.3 Å². The molecule has 0 radical (unpaired) electrons. The number of carbonyl (C=O) groups is 2. The third-order valence-electron chi connectivity index (χ3n) is 4.31. The quantitative estimate of drug-likeness (QED) is 0.934. The van der Waals surface area contributed by atoms with E-state index in [0.717, 1.165) is 11.1 Å². The van der Waals surface area contributed by atoms with Gasteiger partial charge in [-0.15, -0.1) is 0 Å². The second-order valence-corrected chi connectivity index (χ2v) is 6.26. The van der Waals surface area contributed by atoms with Crippen molar-refractivity contribution in [3.63, 3.8) is 0 Å². The molecule has 1 aliphatic heterocycles. The Morgan fingerprint density at radius 3 is 2.84 bits per heavy atom. The zero-order chi connectivity index (χ0) is 17.8. The smallest absolute Gasteiger partial charge is 0.251 e. The number of aryl methyl sites for hydroxylation is 1. The molecular formula is C20H19N3O2. The maximum Gasteiger partial charge on any atom is 0.251 e. The third kappa shape index (κ3) is 3.86. The molecule has 25 heavy (non-hydrogen) atoms. The summed E-state index contributed by atoms with van der Waals surface area (Å²) < 4.78 is 0. The van der Waals surface area contributed by atoms with E-state index in [1.165, 1.54) is 0 Å². The number of hydrogen-bond donors (Lipinski definition) is 1. The van der Waals surface area contributed by atoms with Gasteiger partial charge in [0.1, 0.15) is 6.04 Å². The summed E-state index contributed by atoms with van der Waals surface area (Å²) in [4.78, 5) is 26.6. The molecule has 0 bridgehead atoms. The van der Waals surface area contributed by atoms with Crippen LogP contribution in [0.5, 0.6) is 0 Å². The van der Waals surface area contributed by atoms with Gasteiger partial charge in [-0.05, 0) is 43.2 Å². The Hall–Kier alpha value is -3.13. The highest BCUT2D eigenvalue weighted by Gasteiger charge is 2.32. The van der Waals surface area contributed by atoms with Crippen LogP contribution in [0, 0.1) is 18.3 Å². The van der Waals surface area contributed by atoms with Gasteiger partial charge in [0.2, 0.25) is 5.91 Å². The number of nitrogens with one attached hydrogen (secondary N) is 1. The first-order chi connectivity index (χ1) is 12.1. The van der Waals surface area contributed by atoms with Crippen molar-refractivity contribution < 1.29 is 9.59 Å². The Balaban J connectivity index is 1.63. The Morgan fingerprint density at radius 1 is 1.28 bits per heavy atom. The highest BCUT2D eigenvalue weighted by Crippen LogP contribution is 2.16. The molecule has 2 aromatic rings. The van der Waals surface area contributed by atoms with Crippen LogP contribution in [0.25, 0.3) is 0 Å². The highest BCUT2D eigenvalue weighted by molar-refractivity contribution is 5.98. The molecule has 5 heteroatoms. The summed E-state index contributed by atoms with van der Waals surface area (Å²) in [5.41, 5.74) is 3.06. The molecule has 0 unspecified atom stereocenters. The molecule has 1 N–H and O–H groups in total. The number of nitriles is 1.